The van der Waals surface area contributed by atoms with Crippen molar-refractivity contribution in [3.63, 3.8) is 0 Å². The summed E-state index contributed by atoms with van der Waals surface area (Å²) < 4.78 is 0. The molecular formula is C14H18N2O3S. The van der Waals surface area contributed by atoms with Gasteiger partial charge in [0.25, 0.3) is 0 Å². The molecule has 1 aromatic rings. The molecule has 0 spiro atoms. The van der Waals surface area contributed by atoms with Crippen LogP contribution in [0, 0.1) is 0 Å². The quantitative estimate of drug-likeness (QED) is 0.825. The highest BCUT2D eigenvalue weighted by molar-refractivity contribution is 7.99. The second-order valence-corrected chi connectivity index (χ2v) is 6.14. The third-order valence-electron chi connectivity index (χ3n) is 3.22. The van der Waals surface area contributed by atoms with Crippen LogP contribution in [0.15, 0.2) is 24.3 Å². The molecule has 20 heavy (non-hydrogen) atoms. The number of benzene rings is 1. The summed E-state index contributed by atoms with van der Waals surface area (Å²) in [4.78, 5) is 26.2. The molecule has 0 atom stereocenters. The van der Waals surface area contributed by atoms with Crippen LogP contribution in [-0.4, -0.2) is 40.6 Å². The number of aliphatic hydroxyl groups excluding tert-OH is 1. The molecule has 0 saturated heterocycles. The van der Waals surface area contributed by atoms with Gasteiger partial charge >= 0.3 is 0 Å². The van der Waals surface area contributed by atoms with Gasteiger partial charge in [-0.3, -0.25) is 14.5 Å². The van der Waals surface area contributed by atoms with Crippen LogP contribution in [0.2, 0.25) is 0 Å². The summed E-state index contributed by atoms with van der Waals surface area (Å²) in [5, 5.41) is 11.6. The van der Waals surface area contributed by atoms with Gasteiger partial charge in [0.15, 0.2) is 0 Å². The number of thioether (sulfide) groups is 1. The Kier molecular flexibility index (Phi) is 4.35. The van der Waals surface area contributed by atoms with E-state index in [0.717, 1.165) is 0 Å². The number of anilines is 2. The highest BCUT2D eigenvalue weighted by atomic mass is 32.2. The zero-order valence-electron chi connectivity index (χ0n) is 11.5. The van der Waals surface area contributed by atoms with Crippen molar-refractivity contribution in [2.24, 2.45) is 0 Å². The van der Waals surface area contributed by atoms with E-state index in [-0.39, 0.29) is 24.2 Å². The lowest BCUT2D eigenvalue weighted by molar-refractivity contribution is -0.125. The second kappa shape index (κ2) is 5.85. The molecule has 0 unspecified atom stereocenters. The number of hydrogen-bond donors (Lipinski definition) is 2. The van der Waals surface area contributed by atoms with Crippen LogP contribution >= 0.6 is 11.8 Å². The van der Waals surface area contributed by atoms with Crippen LogP contribution in [0.1, 0.15) is 13.8 Å². The van der Waals surface area contributed by atoms with E-state index in [2.05, 4.69) is 5.32 Å². The first-order chi connectivity index (χ1) is 9.48. The van der Waals surface area contributed by atoms with Crippen molar-refractivity contribution in [1.29, 1.82) is 0 Å². The summed E-state index contributed by atoms with van der Waals surface area (Å²) in [5.41, 5.74) is 0.439. The maximum Gasteiger partial charge on any atom is 0.250 e. The van der Waals surface area contributed by atoms with Gasteiger partial charge in [-0.15, -0.1) is 11.8 Å². The first-order valence-electron chi connectivity index (χ1n) is 6.40. The van der Waals surface area contributed by atoms with Crippen molar-refractivity contribution < 1.29 is 14.7 Å². The second-order valence-electron chi connectivity index (χ2n) is 5.04. The van der Waals surface area contributed by atoms with Gasteiger partial charge in [-0.25, -0.2) is 0 Å². The fourth-order valence-electron chi connectivity index (χ4n) is 2.19. The molecule has 1 aromatic carbocycles. The lowest BCUT2D eigenvalue weighted by Gasteiger charge is -2.42. The van der Waals surface area contributed by atoms with Crippen LogP contribution in [-0.2, 0) is 9.59 Å². The van der Waals surface area contributed by atoms with Gasteiger partial charge in [0.2, 0.25) is 11.8 Å². The molecule has 1 heterocycles. The van der Waals surface area contributed by atoms with Crippen molar-refractivity contribution >= 4 is 35.0 Å². The number of amides is 2. The monoisotopic (exact) mass is 294 g/mol. The van der Waals surface area contributed by atoms with Gasteiger partial charge in [-0.2, -0.15) is 0 Å². The molecule has 0 radical (unpaired) electrons. The molecule has 0 saturated carbocycles. The smallest absolute Gasteiger partial charge is 0.250 e. The molecule has 0 aliphatic carbocycles. The van der Waals surface area contributed by atoms with Gasteiger partial charge in [0, 0.05) is 5.75 Å². The number of carbonyl (C=O) groups is 2. The van der Waals surface area contributed by atoms with Crippen LogP contribution in [0.25, 0.3) is 0 Å². The highest BCUT2D eigenvalue weighted by Gasteiger charge is 2.43. The number of rotatable bonds is 4. The molecule has 2 rings (SSSR count). The average molecular weight is 294 g/mol. The Labute approximate surface area is 122 Å². The number of nitrogens with one attached hydrogen (secondary N) is 1. The van der Waals surface area contributed by atoms with Crippen LogP contribution in [0.4, 0.5) is 11.4 Å². The molecule has 0 aromatic heterocycles. The Morgan fingerprint density at radius 2 is 2.10 bits per heavy atom. The van der Waals surface area contributed by atoms with Crippen LogP contribution in [0.5, 0.6) is 0 Å². The predicted octanol–water partition coefficient (Wildman–Crippen LogP) is 1.48. The summed E-state index contributed by atoms with van der Waals surface area (Å²) in [6, 6.07) is 7.27. The van der Waals surface area contributed by atoms with Crippen molar-refractivity contribution in [2.45, 2.75) is 19.4 Å². The minimum atomic E-state index is -0.925. The SMILES string of the molecule is CC1(C)C(=O)Nc2ccccc2N1C(=O)CSCCO. The van der Waals surface area contributed by atoms with E-state index in [1.165, 1.54) is 11.8 Å². The van der Waals surface area contributed by atoms with E-state index in [0.29, 0.717) is 17.1 Å². The molecule has 5 nitrogen and oxygen atoms in total. The number of hydrogen-bond acceptors (Lipinski definition) is 4. The van der Waals surface area contributed by atoms with Crippen LogP contribution in [0.3, 0.4) is 0 Å². The van der Waals surface area contributed by atoms with E-state index in [1.807, 2.05) is 18.2 Å². The zero-order chi connectivity index (χ0) is 14.8. The first kappa shape index (κ1) is 14.9. The summed E-state index contributed by atoms with van der Waals surface area (Å²) in [6.45, 7) is 3.50. The normalized spacial score (nSPS) is 16.6. The Hall–Kier alpha value is -1.53. The maximum atomic E-state index is 12.4. The van der Waals surface area contributed by atoms with Gasteiger partial charge in [-0.1, -0.05) is 12.1 Å². The maximum absolute atomic E-state index is 12.4. The summed E-state index contributed by atoms with van der Waals surface area (Å²) in [7, 11) is 0. The topological polar surface area (TPSA) is 69.6 Å². The van der Waals surface area contributed by atoms with E-state index in [1.54, 1.807) is 24.8 Å². The minimum Gasteiger partial charge on any atom is -0.396 e. The third-order valence-corrected chi connectivity index (χ3v) is 4.14. The van der Waals surface area contributed by atoms with Crippen molar-refractivity contribution in [3.8, 4) is 0 Å². The first-order valence-corrected chi connectivity index (χ1v) is 7.56. The summed E-state index contributed by atoms with van der Waals surface area (Å²) in [6.07, 6.45) is 0. The lowest BCUT2D eigenvalue weighted by Crippen LogP contribution is -2.59. The Morgan fingerprint density at radius 1 is 1.40 bits per heavy atom. The van der Waals surface area contributed by atoms with Crippen LogP contribution < -0.4 is 10.2 Å². The Morgan fingerprint density at radius 3 is 2.80 bits per heavy atom. The van der Waals surface area contributed by atoms with Gasteiger partial charge < -0.3 is 10.4 Å². The van der Waals surface area contributed by atoms with Gasteiger partial charge in [-0.05, 0) is 26.0 Å². The van der Waals surface area contributed by atoms with Gasteiger partial charge in [0.1, 0.15) is 5.54 Å². The molecular weight excluding hydrogens is 276 g/mol. The van der Waals surface area contributed by atoms with Crippen molar-refractivity contribution in [3.05, 3.63) is 24.3 Å². The number of aliphatic hydroxyl groups is 1. The summed E-state index contributed by atoms with van der Waals surface area (Å²) in [5.74, 6) is 0.423. The average Bonchev–Trinajstić information content (AvgIpc) is 2.40. The molecule has 2 amide bonds. The Bertz CT molecular complexity index is 531. The van der Waals surface area contributed by atoms with E-state index in [4.69, 9.17) is 5.11 Å². The molecule has 0 fully saturated rings. The number of carbonyl (C=O) groups excluding carboxylic acids is 2. The molecule has 1 aliphatic rings. The minimum absolute atomic E-state index is 0.0401. The fourth-order valence-corrected chi connectivity index (χ4v) is 2.76. The van der Waals surface area contributed by atoms with Gasteiger partial charge in [0.05, 0.1) is 23.7 Å². The molecule has 108 valence electrons. The van der Waals surface area contributed by atoms with E-state index < -0.39 is 5.54 Å². The standard InChI is InChI=1S/C14H18N2O3S/c1-14(2)13(19)15-10-5-3-4-6-11(10)16(14)12(18)9-20-8-7-17/h3-6,17H,7-9H2,1-2H3,(H,15,19). The lowest BCUT2D eigenvalue weighted by atomic mass is 9.96. The van der Waals surface area contributed by atoms with Crippen molar-refractivity contribution in [1.82, 2.24) is 0 Å². The Balaban J connectivity index is 2.32. The van der Waals surface area contributed by atoms with E-state index >= 15 is 0 Å². The summed E-state index contributed by atoms with van der Waals surface area (Å²) >= 11 is 1.36. The number of fused-ring (bicyclic) bond motifs is 1. The fraction of sp³-hybridized carbons (Fsp3) is 0.429. The predicted molar refractivity (Wildman–Crippen MR) is 81.0 cm³/mol. The molecule has 6 heteroatoms. The zero-order valence-corrected chi connectivity index (χ0v) is 12.4. The molecule has 1 aliphatic heterocycles. The molecule has 2 N–H and O–H groups in total. The van der Waals surface area contributed by atoms with E-state index in [9.17, 15) is 9.59 Å². The largest absolute Gasteiger partial charge is 0.396 e. The number of nitrogens with zero attached hydrogens (tertiary/aromatic N) is 1. The highest BCUT2D eigenvalue weighted by Crippen LogP contribution is 2.36. The molecule has 0 bridgehead atoms. The van der Waals surface area contributed by atoms with Crippen molar-refractivity contribution in [2.75, 3.05) is 28.3 Å². The third kappa shape index (κ3) is 2.66. The number of para-hydroxylation sites is 2.